The molecule has 2 heterocycles. The predicted octanol–water partition coefficient (Wildman–Crippen LogP) is 4.24. The van der Waals surface area contributed by atoms with E-state index in [9.17, 15) is 0 Å². The summed E-state index contributed by atoms with van der Waals surface area (Å²) in [4.78, 5) is 6.91. The fourth-order valence-electron chi connectivity index (χ4n) is 3.71. The van der Waals surface area contributed by atoms with Crippen LogP contribution in [0.4, 0.5) is 5.00 Å². The van der Waals surface area contributed by atoms with Crippen LogP contribution in [-0.2, 0) is 6.54 Å². The van der Waals surface area contributed by atoms with Crippen molar-refractivity contribution in [2.45, 2.75) is 25.4 Å². The minimum absolute atomic E-state index is 0.472. The van der Waals surface area contributed by atoms with Crippen molar-refractivity contribution in [1.82, 2.24) is 10.6 Å². The van der Waals surface area contributed by atoms with Crippen molar-refractivity contribution in [2.24, 2.45) is 4.99 Å². The molecule has 1 aliphatic rings. The number of thiophene rings is 1. The smallest absolute Gasteiger partial charge is 0.191 e. The number of rotatable bonds is 4. The molecule has 2 N–H and O–H groups in total. The van der Waals surface area contributed by atoms with Crippen LogP contribution in [0.2, 0.25) is 0 Å². The van der Waals surface area contributed by atoms with Crippen molar-refractivity contribution < 1.29 is 0 Å². The lowest BCUT2D eigenvalue weighted by Gasteiger charge is -2.33. The maximum Gasteiger partial charge on any atom is 0.191 e. The quantitative estimate of drug-likeness (QED) is 0.527. The van der Waals surface area contributed by atoms with E-state index in [1.165, 1.54) is 21.3 Å². The predicted molar refractivity (Wildman–Crippen MR) is 117 cm³/mol. The first kappa shape index (κ1) is 17.9. The van der Waals surface area contributed by atoms with Crippen LogP contribution in [-0.4, -0.2) is 32.1 Å². The van der Waals surface area contributed by atoms with Gasteiger partial charge in [0.2, 0.25) is 0 Å². The molecule has 0 spiro atoms. The molecule has 1 aliphatic heterocycles. The summed E-state index contributed by atoms with van der Waals surface area (Å²) in [6.45, 7) is 2.96. The summed E-state index contributed by atoms with van der Waals surface area (Å²) in [5, 5.41) is 13.2. The first-order chi connectivity index (χ1) is 13.3. The number of nitrogens with zero attached hydrogens (tertiary/aromatic N) is 2. The molecule has 1 fully saturated rings. The van der Waals surface area contributed by atoms with Gasteiger partial charge in [0.1, 0.15) is 0 Å². The average Bonchev–Trinajstić information content (AvgIpc) is 3.26. The van der Waals surface area contributed by atoms with E-state index in [4.69, 9.17) is 0 Å². The number of fused-ring (bicyclic) bond motifs is 1. The molecule has 0 unspecified atom stereocenters. The van der Waals surface area contributed by atoms with E-state index < -0.39 is 0 Å². The summed E-state index contributed by atoms with van der Waals surface area (Å²) < 4.78 is 0. The summed E-state index contributed by atoms with van der Waals surface area (Å²) in [7, 11) is 1.85. The highest BCUT2D eigenvalue weighted by molar-refractivity contribution is 7.14. The third-order valence-electron chi connectivity index (χ3n) is 5.20. The van der Waals surface area contributed by atoms with E-state index in [1.807, 2.05) is 18.4 Å². The first-order valence-corrected chi connectivity index (χ1v) is 10.4. The molecule has 4 nitrogen and oxygen atoms in total. The zero-order valence-electron chi connectivity index (χ0n) is 15.7. The molecular weight excluding hydrogens is 352 g/mol. The Morgan fingerprint density at radius 1 is 1.07 bits per heavy atom. The molecule has 0 bridgehead atoms. The lowest BCUT2D eigenvalue weighted by atomic mass is 10.0. The Balaban J connectivity index is 1.32. The van der Waals surface area contributed by atoms with Crippen molar-refractivity contribution in [3.63, 3.8) is 0 Å². The van der Waals surface area contributed by atoms with Gasteiger partial charge in [0, 0.05) is 32.7 Å². The topological polar surface area (TPSA) is 39.7 Å². The van der Waals surface area contributed by atoms with E-state index in [-0.39, 0.29) is 0 Å². The maximum atomic E-state index is 4.43. The second kappa shape index (κ2) is 8.44. The summed E-state index contributed by atoms with van der Waals surface area (Å²) in [5.74, 6) is 0.887. The van der Waals surface area contributed by atoms with E-state index >= 15 is 0 Å². The fourth-order valence-corrected chi connectivity index (χ4v) is 4.49. The van der Waals surface area contributed by atoms with Crippen molar-refractivity contribution in [3.8, 4) is 0 Å². The molecule has 27 heavy (non-hydrogen) atoms. The fraction of sp³-hybridized carbons (Fsp3) is 0.318. The Labute approximate surface area is 164 Å². The molecule has 0 saturated carbocycles. The Morgan fingerprint density at radius 2 is 1.89 bits per heavy atom. The zero-order valence-corrected chi connectivity index (χ0v) is 16.5. The second-order valence-electron chi connectivity index (χ2n) is 6.92. The molecule has 2 aromatic carbocycles. The van der Waals surface area contributed by atoms with Crippen LogP contribution >= 0.6 is 11.3 Å². The summed E-state index contributed by atoms with van der Waals surface area (Å²) >= 11 is 1.83. The average molecular weight is 379 g/mol. The molecule has 0 radical (unpaired) electrons. The van der Waals surface area contributed by atoms with Gasteiger partial charge in [0.25, 0.3) is 0 Å². The van der Waals surface area contributed by atoms with Crippen LogP contribution in [0.5, 0.6) is 0 Å². The van der Waals surface area contributed by atoms with Crippen molar-refractivity contribution in [3.05, 3.63) is 65.5 Å². The highest BCUT2D eigenvalue weighted by Crippen LogP contribution is 2.24. The number of anilines is 1. The Kier molecular flexibility index (Phi) is 5.58. The molecular formula is C22H26N4S. The van der Waals surface area contributed by atoms with Gasteiger partial charge in [-0.3, -0.25) is 4.99 Å². The number of hydrogen-bond acceptors (Lipinski definition) is 3. The highest BCUT2D eigenvalue weighted by Gasteiger charge is 2.20. The molecule has 140 valence electrons. The normalized spacial score (nSPS) is 15.9. The Bertz CT molecular complexity index is 890. The number of benzene rings is 2. The van der Waals surface area contributed by atoms with E-state index in [2.05, 4.69) is 80.5 Å². The first-order valence-electron chi connectivity index (χ1n) is 9.56. The minimum atomic E-state index is 0.472. The number of aliphatic imine (C=N–C) groups is 1. The van der Waals surface area contributed by atoms with Crippen LogP contribution in [0.1, 0.15) is 18.4 Å². The van der Waals surface area contributed by atoms with E-state index in [1.54, 1.807) is 0 Å². The number of hydrogen-bond donors (Lipinski definition) is 2. The molecule has 0 atom stereocenters. The van der Waals surface area contributed by atoms with E-state index in [0.717, 1.165) is 38.4 Å². The molecule has 4 rings (SSSR count). The van der Waals surface area contributed by atoms with Gasteiger partial charge in [-0.25, -0.2) is 0 Å². The molecule has 1 aromatic heterocycles. The van der Waals surface area contributed by atoms with Gasteiger partial charge in [0.05, 0.1) is 5.00 Å². The number of guanidine groups is 1. The molecule has 3 aromatic rings. The second-order valence-corrected chi connectivity index (χ2v) is 7.85. The van der Waals surface area contributed by atoms with Gasteiger partial charge in [-0.1, -0.05) is 42.5 Å². The maximum absolute atomic E-state index is 4.43. The number of piperidine rings is 1. The summed E-state index contributed by atoms with van der Waals surface area (Å²) in [5.41, 5.74) is 1.29. The van der Waals surface area contributed by atoms with Gasteiger partial charge in [-0.15, -0.1) is 11.3 Å². The summed E-state index contributed by atoms with van der Waals surface area (Å²) in [6, 6.07) is 19.8. The minimum Gasteiger partial charge on any atom is -0.363 e. The third kappa shape index (κ3) is 4.25. The summed E-state index contributed by atoms with van der Waals surface area (Å²) in [6.07, 6.45) is 2.26. The van der Waals surface area contributed by atoms with Gasteiger partial charge >= 0.3 is 0 Å². The van der Waals surface area contributed by atoms with Crippen molar-refractivity contribution >= 4 is 33.1 Å². The van der Waals surface area contributed by atoms with Crippen LogP contribution in [0.3, 0.4) is 0 Å². The van der Waals surface area contributed by atoms with Gasteiger partial charge in [-0.05, 0) is 46.7 Å². The molecule has 0 aliphatic carbocycles. The Hall–Kier alpha value is -2.53. The van der Waals surface area contributed by atoms with Crippen molar-refractivity contribution in [1.29, 1.82) is 0 Å². The standard InChI is InChI=1S/C22H26N4S/c1-23-22(24-16-18-8-4-7-17-6-2-3-9-20(17)18)25-19-11-13-26(14-12-19)21-10-5-15-27-21/h2-10,15,19H,11-14,16H2,1H3,(H2,23,24,25). The van der Waals surface area contributed by atoms with Crippen LogP contribution in [0.25, 0.3) is 10.8 Å². The molecule has 0 amide bonds. The van der Waals surface area contributed by atoms with Gasteiger partial charge in [0.15, 0.2) is 5.96 Å². The lowest BCUT2D eigenvalue weighted by Crippen LogP contribution is -2.48. The largest absolute Gasteiger partial charge is 0.363 e. The zero-order chi connectivity index (χ0) is 18.5. The lowest BCUT2D eigenvalue weighted by molar-refractivity contribution is 0.463. The van der Waals surface area contributed by atoms with Crippen LogP contribution in [0.15, 0.2) is 65.0 Å². The van der Waals surface area contributed by atoms with Crippen molar-refractivity contribution in [2.75, 3.05) is 25.0 Å². The SMILES string of the molecule is CN=C(NCc1cccc2ccccc12)NC1CCN(c2cccs2)CC1. The van der Waals surface area contributed by atoms with Gasteiger partial charge < -0.3 is 15.5 Å². The van der Waals surface area contributed by atoms with Crippen LogP contribution < -0.4 is 15.5 Å². The number of nitrogens with one attached hydrogen (secondary N) is 2. The van der Waals surface area contributed by atoms with Crippen LogP contribution in [0, 0.1) is 0 Å². The van der Waals surface area contributed by atoms with Gasteiger partial charge in [-0.2, -0.15) is 0 Å². The monoisotopic (exact) mass is 378 g/mol. The highest BCUT2D eigenvalue weighted by atomic mass is 32.1. The third-order valence-corrected chi connectivity index (χ3v) is 6.13. The molecule has 1 saturated heterocycles. The molecule has 5 heteroatoms. The van der Waals surface area contributed by atoms with E-state index in [0.29, 0.717) is 6.04 Å². The Morgan fingerprint density at radius 3 is 2.67 bits per heavy atom.